The zero-order chi connectivity index (χ0) is 19.6. The summed E-state index contributed by atoms with van der Waals surface area (Å²) in [6.07, 6.45) is 1.63. The first-order chi connectivity index (χ1) is 14.3. The van der Waals surface area contributed by atoms with E-state index in [1.54, 1.807) is 25.1 Å². The second-order valence-corrected chi connectivity index (χ2v) is 7.25. The molecule has 1 N–H and O–H groups in total. The van der Waals surface area contributed by atoms with Crippen LogP contribution in [0.2, 0.25) is 0 Å². The highest BCUT2D eigenvalue weighted by Crippen LogP contribution is 2.30. The van der Waals surface area contributed by atoms with Gasteiger partial charge in [0.15, 0.2) is 10.9 Å². The van der Waals surface area contributed by atoms with Crippen LogP contribution in [0.1, 0.15) is 5.82 Å². The molecule has 0 aliphatic carbocycles. The lowest BCUT2D eigenvalue weighted by Gasteiger charge is -2.09. The van der Waals surface area contributed by atoms with Gasteiger partial charge in [-0.25, -0.2) is 4.98 Å². The van der Waals surface area contributed by atoms with Crippen molar-refractivity contribution in [1.82, 2.24) is 24.7 Å². The van der Waals surface area contributed by atoms with Crippen molar-refractivity contribution in [2.24, 2.45) is 0 Å². The largest absolute Gasteiger partial charge is 0.497 e. The number of thioether (sulfide) groups is 1. The number of hydrogen-bond acceptors (Lipinski definition) is 6. The molecule has 0 spiro atoms. The molecule has 0 aliphatic heterocycles. The van der Waals surface area contributed by atoms with Crippen LogP contribution in [0, 0.1) is 0 Å². The van der Waals surface area contributed by atoms with Crippen molar-refractivity contribution >= 4 is 22.8 Å². The van der Waals surface area contributed by atoms with Crippen LogP contribution in [0.4, 0.5) is 0 Å². The van der Waals surface area contributed by atoms with Crippen LogP contribution in [-0.2, 0) is 5.75 Å². The van der Waals surface area contributed by atoms with E-state index in [1.807, 2.05) is 65.2 Å². The number of aromatic nitrogens is 5. The molecule has 5 rings (SSSR count). The molecule has 0 bridgehead atoms. The number of aromatic amines is 1. The Morgan fingerprint density at radius 3 is 2.66 bits per heavy atom. The molecule has 0 fully saturated rings. The minimum Gasteiger partial charge on any atom is -0.497 e. The van der Waals surface area contributed by atoms with Gasteiger partial charge in [0.1, 0.15) is 11.6 Å². The van der Waals surface area contributed by atoms with Crippen LogP contribution in [0.25, 0.3) is 28.3 Å². The van der Waals surface area contributed by atoms with Crippen LogP contribution >= 0.6 is 11.8 Å². The number of nitrogens with zero attached hydrogens (tertiary/aromatic N) is 4. The van der Waals surface area contributed by atoms with E-state index < -0.39 is 0 Å². The predicted octanol–water partition coefficient (Wildman–Crippen LogP) is 4.70. The summed E-state index contributed by atoms with van der Waals surface area (Å²) in [5, 5.41) is 9.52. The Labute approximate surface area is 170 Å². The van der Waals surface area contributed by atoms with Crippen molar-refractivity contribution in [3.63, 3.8) is 0 Å². The minimum absolute atomic E-state index is 0.640. The third-order valence-corrected chi connectivity index (χ3v) is 5.42. The molecule has 3 heterocycles. The Balaban J connectivity index is 1.50. The summed E-state index contributed by atoms with van der Waals surface area (Å²) < 4.78 is 12.8. The summed E-state index contributed by atoms with van der Waals surface area (Å²) >= 11 is 1.56. The van der Waals surface area contributed by atoms with Crippen LogP contribution < -0.4 is 4.74 Å². The molecule has 144 valence electrons. The summed E-state index contributed by atoms with van der Waals surface area (Å²) in [7, 11) is 1.65. The molecule has 0 aliphatic rings. The van der Waals surface area contributed by atoms with Crippen LogP contribution in [0.3, 0.4) is 0 Å². The van der Waals surface area contributed by atoms with E-state index >= 15 is 0 Å². The lowest BCUT2D eigenvalue weighted by Crippen LogP contribution is -1.99. The molecule has 0 amide bonds. The Hall–Kier alpha value is -3.52. The van der Waals surface area contributed by atoms with Gasteiger partial charge in [0.05, 0.1) is 35.8 Å². The topological polar surface area (TPSA) is 81.8 Å². The van der Waals surface area contributed by atoms with E-state index in [9.17, 15) is 0 Å². The van der Waals surface area contributed by atoms with Crippen LogP contribution in [0.15, 0.2) is 76.5 Å². The molecule has 3 aromatic heterocycles. The number of furan rings is 1. The predicted molar refractivity (Wildman–Crippen MR) is 111 cm³/mol. The summed E-state index contributed by atoms with van der Waals surface area (Å²) in [6.45, 7) is 0. The van der Waals surface area contributed by atoms with Gasteiger partial charge in [0, 0.05) is 0 Å². The van der Waals surface area contributed by atoms with Crippen molar-refractivity contribution in [2.45, 2.75) is 10.9 Å². The van der Waals surface area contributed by atoms with Gasteiger partial charge in [0.25, 0.3) is 0 Å². The molecular formula is C21H17N5O2S. The molecule has 5 aromatic rings. The highest BCUT2D eigenvalue weighted by atomic mass is 32.2. The van der Waals surface area contributed by atoms with Gasteiger partial charge in [-0.2, -0.15) is 0 Å². The van der Waals surface area contributed by atoms with Crippen molar-refractivity contribution in [1.29, 1.82) is 0 Å². The fourth-order valence-electron chi connectivity index (χ4n) is 3.10. The summed E-state index contributed by atoms with van der Waals surface area (Å²) in [4.78, 5) is 7.99. The number of fused-ring (bicyclic) bond motifs is 1. The smallest absolute Gasteiger partial charge is 0.205 e. The van der Waals surface area contributed by atoms with E-state index in [0.717, 1.165) is 33.5 Å². The lowest BCUT2D eigenvalue weighted by molar-refractivity contribution is 0.414. The number of para-hydroxylation sites is 2. The number of H-pyrrole nitrogens is 1. The minimum atomic E-state index is 0.640. The molecule has 2 aromatic carbocycles. The van der Waals surface area contributed by atoms with E-state index in [-0.39, 0.29) is 0 Å². The normalized spacial score (nSPS) is 11.2. The first-order valence-corrected chi connectivity index (χ1v) is 10.0. The maximum Gasteiger partial charge on any atom is 0.205 e. The van der Waals surface area contributed by atoms with Gasteiger partial charge >= 0.3 is 0 Å². The van der Waals surface area contributed by atoms with Crippen molar-refractivity contribution in [2.75, 3.05) is 7.11 Å². The van der Waals surface area contributed by atoms with Gasteiger partial charge in [-0.05, 0) is 48.5 Å². The zero-order valence-corrected chi connectivity index (χ0v) is 16.4. The van der Waals surface area contributed by atoms with Crippen LogP contribution in [-0.4, -0.2) is 31.8 Å². The number of ether oxygens (including phenoxy) is 1. The second kappa shape index (κ2) is 7.48. The zero-order valence-electron chi connectivity index (χ0n) is 15.6. The SMILES string of the molecule is COc1ccc(-n2c(SCc3nc4ccccc4[nH]3)nnc2-c2ccco2)cc1. The third-order valence-electron chi connectivity index (χ3n) is 4.48. The van der Waals surface area contributed by atoms with Crippen LogP contribution in [0.5, 0.6) is 5.75 Å². The van der Waals surface area contributed by atoms with E-state index in [4.69, 9.17) is 9.15 Å². The maximum absolute atomic E-state index is 5.57. The summed E-state index contributed by atoms with van der Waals surface area (Å²) in [6, 6.07) is 19.5. The Morgan fingerprint density at radius 2 is 1.90 bits per heavy atom. The van der Waals surface area contributed by atoms with Gasteiger partial charge < -0.3 is 14.1 Å². The molecular weight excluding hydrogens is 386 g/mol. The molecule has 0 saturated carbocycles. The van der Waals surface area contributed by atoms with Crippen molar-refractivity contribution in [3.8, 4) is 23.0 Å². The Bertz CT molecular complexity index is 1210. The van der Waals surface area contributed by atoms with Gasteiger partial charge in [0.2, 0.25) is 5.82 Å². The fraction of sp³-hybridized carbons (Fsp3) is 0.0952. The molecule has 0 radical (unpaired) electrons. The lowest BCUT2D eigenvalue weighted by atomic mass is 10.3. The average Bonchev–Trinajstić information content (AvgIpc) is 3.51. The maximum atomic E-state index is 5.57. The first-order valence-electron chi connectivity index (χ1n) is 9.02. The number of methoxy groups -OCH3 is 1. The number of benzene rings is 2. The van der Waals surface area contributed by atoms with Crippen molar-refractivity contribution < 1.29 is 9.15 Å². The highest BCUT2D eigenvalue weighted by molar-refractivity contribution is 7.98. The number of imidazole rings is 1. The number of hydrogen-bond donors (Lipinski definition) is 1. The molecule has 7 nitrogen and oxygen atoms in total. The van der Waals surface area contributed by atoms with Gasteiger partial charge in [-0.3, -0.25) is 4.57 Å². The molecule has 8 heteroatoms. The number of nitrogens with one attached hydrogen (secondary N) is 1. The molecule has 29 heavy (non-hydrogen) atoms. The van der Waals surface area contributed by atoms with E-state index in [1.165, 1.54) is 0 Å². The summed E-state index contributed by atoms with van der Waals surface area (Å²) in [5.41, 5.74) is 2.90. The summed E-state index contributed by atoms with van der Waals surface area (Å²) in [5.74, 6) is 3.62. The Kier molecular flexibility index (Phi) is 4.53. The van der Waals surface area contributed by atoms with E-state index in [0.29, 0.717) is 17.3 Å². The third kappa shape index (κ3) is 3.38. The monoisotopic (exact) mass is 403 g/mol. The second-order valence-electron chi connectivity index (χ2n) is 6.31. The van der Waals surface area contributed by atoms with Gasteiger partial charge in [-0.1, -0.05) is 23.9 Å². The van der Waals surface area contributed by atoms with Crippen molar-refractivity contribution in [3.05, 3.63) is 72.8 Å². The Morgan fingerprint density at radius 1 is 1.03 bits per heavy atom. The average molecular weight is 403 g/mol. The quantitative estimate of drug-likeness (QED) is 0.414. The fourth-order valence-corrected chi connectivity index (χ4v) is 3.92. The molecule has 0 atom stereocenters. The van der Waals surface area contributed by atoms with Gasteiger partial charge in [-0.15, -0.1) is 10.2 Å². The highest BCUT2D eigenvalue weighted by Gasteiger charge is 2.18. The molecule has 0 saturated heterocycles. The van der Waals surface area contributed by atoms with E-state index in [2.05, 4.69) is 20.2 Å². The standard InChI is InChI=1S/C21H17N5O2S/c1-27-15-10-8-14(9-11-15)26-20(18-7-4-12-28-18)24-25-21(26)29-13-19-22-16-5-2-3-6-17(16)23-19/h2-12H,13H2,1H3,(H,22,23). The first kappa shape index (κ1) is 17.6. The molecule has 0 unspecified atom stereocenters. The number of rotatable bonds is 6.